The molecule has 4 aromatic rings. The third-order valence-electron chi connectivity index (χ3n) is 17.6. The number of anilines is 3. The van der Waals surface area contributed by atoms with Crippen molar-refractivity contribution >= 4 is 40.4 Å². The molecule has 88 heavy (non-hydrogen) atoms. The number of nitrogens with zero attached hydrogens (tertiary/aromatic N) is 15. The number of carbonyl (C=O) groups is 2. The topological polar surface area (TPSA) is 232 Å². The van der Waals surface area contributed by atoms with Crippen molar-refractivity contribution in [2.45, 2.75) is 180 Å². The van der Waals surface area contributed by atoms with E-state index in [0.29, 0.717) is 107 Å². The van der Waals surface area contributed by atoms with Crippen LogP contribution in [0, 0.1) is 29.6 Å². The van der Waals surface area contributed by atoms with Gasteiger partial charge in [-0.25, -0.2) is 14.3 Å². The number of benzene rings is 1. The summed E-state index contributed by atoms with van der Waals surface area (Å²) >= 11 is 0. The molecule has 10 heterocycles. The van der Waals surface area contributed by atoms with E-state index in [2.05, 4.69) is 51.3 Å². The zero-order chi connectivity index (χ0) is 62.7. The van der Waals surface area contributed by atoms with Crippen LogP contribution in [-0.2, 0) is 46.3 Å². The molecule has 1 aromatic carbocycles. The molecular formula is C62H87F3N16O7. The van der Waals surface area contributed by atoms with Crippen molar-refractivity contribution in [3.05, 3.63) is 45.9 Å². The summed E-state index contributed by atoms with van der Waals surface area (Å²) in [4.78, 5) is 59.2. The highest BCUT2D eigenvalue weighted by Crippen LogP contribution is 2.46. The minimum absolute atomic E-state index is 0.0838. The predicted molar refractivity (Wildman–Crippen MR) is 323 cm³/mol. The van der Waals surface area contributed by atoms with Crippen molar-refractivity contribution in [2.24, 2.45) is 0 Å². The van der Waals surface area contributed by atoms with Crippen molar-refractivity contribution < 1.29 is 46.4 Å². The number of halogens is 3. The molecule has 0 aliphatic carbocycles. The van der Waals surface area contributed by atoms with E-state index in [0.717, 1.165) is 87.2 Å². The Morgan fingerprint density at radius 2 is 1.25 bits per heavy atom. The molecule has 0 spiro atoms. The molecule has 5 fully saturated rings. The van der Waals surface area contributed by atoms with E-state index in [4.69, 9.17) is 43.6 Å². The minimum atomic E-state index is -4.61. The second kappa shape index (κ2) is 27.0. The number of likely N-dealkylation sites (N-methyl/N-ethyl adjacent to an activating group) is 2. The number of hydrogen-bond acceptors (Lipinski definition) is 20. The summed E-state index contributed by atoms with van der Waals surface area (Å²) in [5, 5.41) is 27.6. The molecule has 0 radical (unpaired) electrons. The Kier molecular flexibility index (Phi) is 19.6. The van der Waals surface area contributed by atoms with Crippen molar-refractivity contribution in [1.29, 1.82) is 10.5 Å². The number of nitrogens with one attached hydrogen (secondary N) is 1. The average molecular weight is 1230 g/mol. The Morgan fingerprint density at radius 3 is 1.75 bits per heavy atom. The standard InChI is InChI=1S/C38H50F3N9O4.C24H37N7O3/c1-24-19-30-28(20-43-50(30)31-10-6-7-18-52-31)33(32(24)38(39,40)41)47-15-12-27-29(22-47)44-35(53-23-26-9-8-14-46(26)5)45-34(27)48-16-17-49(25(21-48)11-13-42)36(51)54-37(2,3)4;1-24(2,3)34-23(32)31-13-12-30(15-17(31)7-9-25)21-19-8-10-26-14-20(19)27-22(28-21)33-16-18-6-5-11-29(18)4/h19-20,25-26,31H,6-12,14-18,21-23H2,1-5H3;17-18,26H,5-8,10-16H2,1-4H3/t25-,26-,31?;17-,18-/m00/s1. The number of nitriles is 2. The third-order valence-corrected chi connectivity index (χ3v) is 17.6. The van der Waals surface area contributed by atoms with E-state index in [1.165, 1.54) is 19.5 Å². The van der Waals surface area contributed by atoms with Crippen LogP contribution >= 0.6 is 0 Å². The first-order valence-corrected chi connectivity index (χ1v) is 31.3. The van der Waals surface area contributed by atoms with Crippen LogP contribution < -0.4 is 29.5 Å². The number of ether oxygens (including phenoxy) is 5. The zero-order valence-electron chi connectivity index (χ0n) is 52.6. The smallest absolute Gasteiger partial charge is 0.418 e. The number of aromatic nitrogens is 6. The fourth-order valence-corrected chi connectivity index (χ4v) is 13.2. The number of aryl methyl sites for hydroxylation is 1. The van der Waals surface area contributed by atoms with Gasteiger partial charge in [-0.3, -0.25) is 0 Å². The van der Waals surface area contributed by atoms with E-state index >= 15 is 0 Å². The molecule has 7 aliphatic heterocycles. The van der Waals surface area contributed by atoms with Crippen LogP contribution in [0.25, 0.3) is 10.9 Å². The first kappa shape index (κ1) is 64.0. The molecule has 0 bridgehead atoms. The molecular weight excluding hydrogens is 1140 g/mol. The molecule has 5 atom stereocenters. The van der Waals surface area contributed by atoms with E-state index in [-0.39, 0.29) is 67.6 Å². The van der Waals surface area contributed by atoms with Gasteiger partial charge in [0.25, 0.3) is 0 Å². The fraction of sp³-hybridized carbons (Fsp3) is 0.694. The van der Waals surface area contributed by atoms with Crippen LogP contribution in [0.1, 0.15) is 139 Å². The number of carbonyl (C=O) groups excluding carboxylic acids is 2. The summed E-state index contributed by atoms with van der Waals surface area (Å²) in [6.07, 6.45) is 4.27. The number of likely N-dealkylation sites (tertiary alicyclic amines) is 2. The summed E-state index contributed by atoms with van der Waals surface area (Å²) in [5.74, 6) is 1.49. The van der Waals surface area contributed by atoms with Gasteiger partial charge in [0, 0.05) is 87.6 Å². The van der Waals surface area contributed by atoms with Crippen molar-refractivity contribution in [2.75, 3.05) is 114 Å². The van der Waals surface area contributed by atoms with Crippen LogP contribution in [0.2, 0.25) is 0 Å². The predicted octanol–water partition coefficient (Wildman–Crippen LogP) is 8.16. The number of rotatable bonds is 12. The van der Waals surface area contributed by atoms with Gasteiger partial charge in [0.15, 0.2) is 6.23 Å². The van der Waals surface area contributed by atoms with Crippen LogP contribution in [0.4, 0.5) is 40.1 Å². The summed E-state index contributed by atoms with van der Waals surface area (Å²) in [5.41, 5.74) is 2.35. The Morgan fingerprint density at radius 1 is 0.693 bits per heavy atom. The van der Waals surface area contributed by atoms with Crippen molar-refractivity contribution in [3.63, 3.8) is 0 Å². The van der Waals surface area contributed by atoms with Crippen LogP contribution in [0.5, 0.6) is 12.0 Å². The summed E-state index contributed by atoms with van der Waals surface area (Å²) < 4.78 is 76.3. The molecule has 5 saturated heterocycles. The van der Waals surface area contributed by atoms with Crippen LogP contribution in [-0.4, -0.2) is 196 Å². The molecule has 23 nitrogen and oxygen atoms in total. The lowest BCUT2D eigenvalue weighted by Gasteiger charge is -2.42. The van der Waals surface area contributed by atoms with Gasteiger partial charge in [0.05, 0.1) is 78.0 Å². The largest absolute Gasteiger partial charge is 0.462 e. The lowest BCUT2D eigenvalue weighted by molar-refractivity contribution is -0.137. The maximum Gasteiger partial charge on any atom is 0.418 e. The summed E-state index contributed by atoms with van der Waals surface area (Å²) in [6, 6.07) is 6.45. The number of fused-ring (bicyclic) bond motifs is 3. The Balaban J connectivity index is 0.000000216. The molecule has 26 heteroatoms. The molecule has 1 N–H and O–H groups in total. The van der Waals surface area contributed by atoms with Gasteiger partial charge in [0.1, 0.15) is 36.1 Å². The lowest BCUT2D eigenvalue weighted by Crippen LogP contribution is -2.56. The monoisotopic (exact) mass is 1220 g/mol. The third kappa shape index (κ3) is 14.8. The summed E-state index contributed by atoms with van der Waals surface area (Å²) in [7, 11) is 4.18. The molecule has 11 rings (SSSR count). The number of piperazine rings is 2. The van der Waals surface area contributed by atoms with Gasteiger partial charge in [0.2, 0.25) is 0 Å². The highest BCUT2D eigenvalue weighted by Gasteiger charge is 2.42. The van der Waals surface area contributed by atoms with Gasteiger partial charge in [-0.1, -0.05) is 0 Å². The van der Waals surface area contributed by atoms with Gasteiger partial charge < -0.3 is 63.3 Å². The van der Waals surface area contributed by atoms with E-state index in [1.54, 1.807) is 46.2 Å². The van der Waals surface area contributed by atoms with Crippen molar-refractivity contribution in [3.8, 4) is 24.2 Å². The molecule has 1 unspecified atom stereocenters. The van der Waals surface area contributed by atoms with Gasteiger partial charge in [-0.15, -0.1) is 0 Å². The quantitative estimate of drug-likeness (QED) is 0.141. The Labute approximate surface area is 514 Å². The van der Waals surface area contributed by atoms with Crippen molar-refractivity contribution in [1.82, 2.24) is 54.6 Å². The Bertz CT molecular complexity index is 3220. The summed E-state index contributed by atoms with van der Waals surface area (Å²) in [6.45, 7) is 20.7. The number of hydrogen-bond donors (Lipinski definition) is 1. The second-order valence-electron chi connectivity index (χ2n) is 26.3. The average Bonchev–Trinajstić information content (AvgIpc) is 1.42. The number of amides is 2. The zero-order valence-corrected chi connectivity index (χ0v) is 52.6. The molecule has 0 saturated carbocycles. The normalized spacial score (nSPS) is 23.0. The lowest BCUT2D eigenvalue weighted by atomic mass is 9.97. The molecule has 2 amide bonds. The van der Waals surface area contributed by atoms with Gasteiger partial charge in [-0.2, -0.15) is 48.7 Å². The highest BCUT2D eigenvalue weighted by molar-refractivity contribution is 5.95. The minimum Gasteiger partial charge on any atom is -0.462 e. The highest BCUT2D eigenvalue weighted by atomic mass is 19.4. The van der Waals surface area contributed by atoms with Crippen LogP contribution in [0.15, 0.2) is 12.3 Å². The van der Waals surface area contributed by atoms with Gasteiger partial charge >= 0.3 is 30.4 Å². The SMILES string of the molecule is CN1CCC[C@H]1COc1nc2c(c(N3CCN(C(=O)OC(C)(C)C)[C@@H](CC#N)C3)n1)CCNC2.Cc1cc2c(cnn2C2CCCCO2)c(N2CCc3c(nc(OC[C@@H]4CCCN4C)nc3N3CCN(C(=O)OC(C)(C)C)[C@@H](CC#N)C3)C2)c1C(F)(F)F. The second-order valence-corrected chi connectivity index (χ2v) is 26.3. The Hall–Kier alpha value is -7.00. The molecule has 3 aromatic heterocycles. The molecule has 7 aliphatic rings. The first-order valence-electron chi connectivity index (χ1n) is 31.3. The van der Waals surface area contributed by atoms with E-state index in [9.17, 15) is 33.3 Å². The maximum absolute atomic E-state index is 15.0. The van der Waals surface area contributed by atoms with E-state index in [1.807, 2.05) is 25.7 Å². The first-order chi connectivity index (χ1) is 42.0. The van der Waals surface area contributed by atoms with Crippen LogP contribution in [0.3, 0.4) is 0 Å². The fourth-order valence-electron chi connectivity index (χ4n) is 13.2. The van der Waals surface area contributed by atoms with Gasteiger partial charge in [-0.05, 0) is 152 Å². The number of alkyl halides is 3. The maximum atomic E-state index is 15.0. The molecule has 478 valence electrons. The van der Waals surface area contributed by atoms with E-state index < -0.39 is 35.1 Å².